The molecule has 1 aliphatic heterocycles. The zero-order valence-electron chi connectivity index (χ0n) is 17.8. The largest absolute Gasteiger partial charge is 0.350 e. The smallest absolute Gasteiger partial charge is 0.274 e. The molecule has 4 rings (SSSR count). The van der Waals surface area contributed by atoms with Crippen LogP contribution in [-0.4, -0.2) is 61.3 Å². The van der Waals surface area contributed by atoms with Gasteiger partial charge < -0.3 is 10.2 Å². The first kappa shape index (κ1) is 20.4. The lowest BCUT2D eigenvalue weighted by Crippen LogP contribution is -2.51. The van der Waals surface area contributed by atoms with Crippen LogP contribution in [0.1, 0.15) is 72.2 Å². The molecule has 30 heavy (non-hydrogen) atoms. The Hall–Kier alpha value is -2.84. The molecular formula is C21H29N7O2. The van der Waals surface area contributed by atoms with Crippen molar-refractivity contribution in [2.24, 2.45) is 11.3 Å². The van der Waals surface area contributed by atoms with E-state index in [0.29, 0.717) is 36.9 Å². The lowest BCUT2D eigenvalue weighted by Gasteiger charge is -2.53. The molecular weight excluding hydrogens is 382 g/mol. The summed E-state index contributed by atoms with van der Waals surface area (Å²) in [5.74, 6) is 0.152. The number of carbonyl (C=O) groups excluding carboxylic acids is 2. The second kappa shape index (κ2) is 8.12. The van der Waals surface area contributed by atoms with Gasteiger partial charge in [-0.05, 0) is 43.9 Å². The third kappa shape index (κ3) is 3.93. The van der Waals surface area contributed by atoms with Gasteiger partial charge in [-0.25, -0.2) is 9.67 Å². The molecule has 2 aromatic rings. The summed E-state index contributed by atoms with van der Waals surface area (Å²) in [7, 11) is 0. The van der Waals surface area contributed by atoms with E-state index >= 15 is 0 Å². The van der Waals surface area contributed by atoms with E-state index in [1.807, 2.05) is 16.5 Å². The van der Waals surface area contributed by atoms with Crippen molar-refractivity contribution in [3.63, 3.8) is 0 Å². The van der Waals surface area contributed by atoms with Gasteiger partial charge in [0.25, 0.3) is 11.8 Å². The number of carbonyl (C=O) groups is 2. The molecule has 160 valence electrons. The molecule has 0 radical (unpaired) electrons. The predicted octanol–water partition coefficient (Wildman–Crippen LogP) is 2.02. The van der Waals surface area contributed by atoms with Gasteiger partial charge in [0.2, 0.25) is 0 Å². The molecule has 0 aromatic carbocycles. The number of piperidine rings is 1. The van der Waals surface area contributed by atoms with E-state index in [1.165, 1.54) is 0 Å². The van der Waals surface area contributed by atoms with E-state index in [-0.39, 0.29) is 23.3 Å². The van der Waals surface area contributed by atoms with Gasteiger partial charge >= 0.3 is 0 Å². The topological polar surface area (TPSA) is 106 Å². The Morgan fingerprint density at radius 2 is 1.93 bits per heavy atom. The molecule has 0 bridgehead atoms. The van der Waals surface area contributed by atoms with E-state index in [4.69, 9.17) is 0 Å². The van der Waals surface area contributed by atoms with Crippen LogP contribution >= 0.6 is 0 Å². The van der Waals surface area contributed by atoms with E-state index in [1.54, 1.807) is 18.6 Å². The van der Waals surface area contributed by atoms with Gasteiger partial charge in [0.05, 0.1) is 24.1 Å². The Labute approximate surface area is 176 Å². The number of hydrogen-bond acceptors (Lipinski definition) is 6. The molecule has 1 spiro atoms. The molecule has 9 heteroatoms. The highest BCUT2D eigenvalue weighted by Crippen LogP contribution is 2.56. The number of hydrogen-bond donors (Lipinski definition) is 1. The lowest BCUT2D eigenvalue weighted by atomic mass is 9.59. The van der Waals surface area contributed by atoms with Crippen molar-refractivity contribution in [2.75, 3.05) is 19.6 Å². The molecule has 1 atom stereocenters. The van der Waals surface area contributed by atoms with Crippen LogP contribution in [0.5, 0.6) is 0 Å². The molecule has 3 heterocycles. The fourth-order valence-corrected chi connectivity index (χ4v) is 4.42. The zero-order valence-corrected chi connectivity index (χ0v) is 17.8. The molecule has 1 saturated carbocycles. The minimum absolute atomic E-state index is 0.0573. The first-order valence-corrected chi connectivity index (χ1v) is 10.7. The summed E-state index contributed by atoms with van der Waals surface area (Å²) < 4.78 is 1.86. The molecule has 2 fully saturated rings. The highest BCUT2D eigenvalue weighted by atomic mass is 16.2. The summed E-state index contributed by atoms with van der Waals surface area (Å²) in [6.45, 7) is 7.97. The van der Waals surface area contributed by atoms with Crippen LogP contribution in [0.4, 0.5) is 0 Å². The fraction of sp³-hybridized carbons (Fsp3) is 0.619. The summed E-state index contributed by atoms with van der Waals surface area (Å²) in [5.41, 5.74) is 1.68. The summed E-state index contributed by atoms with van der Waals surface area (Å²) in [4.78, 5) is 35.2. The Bertz CT molecular complexity index is 914. The number of rotatable bonds is 5. The number of nitrogens with zero attached hydrogens (tertiary/aromatic N) is 6. The molecule has 1 saturated heterocycles. The molecule has 2 aromatic heterocycles. The van der Waals surface area contributed by atoms with Crippen molar-refractivity contribution in [2.45, 2.75) is 52.5 Å². The van der Waals surface area contributed by atoms with Crippen molar-refractivity contribution in [1.82, 2.24) is 35.2 Å². The van der Waals surface area contributed by atoms with Crippen molar-refractivity contribution >= 4 is 11.8 Å². The van der Waals surface area contributed by atoms with E-state index in [9.17, 15) is 9.59 Å². The number of likely N-dealkylation sites (tertiary alicyclic amines) is 1. The van der Waals surface area contributed by atoms with Crippen LogP contribution in [0.25, 0.3) is 0 Å². The summed E-state index contributed by atoms with van der Waals surface area (Å²) >= 11 is 0. The van der Waals surface area contributed by atoms with Crippen LogP contribution in [0, 0.1) is 18.3 Å². The quantitative estimate of drug-likeness (QED) is 0.807. The minimum Gasteiger partial charge on any atom is -0.350 e. The van der Waals surface area contributed by atoms with Gasteiger partial charge in [-0.1, -0.05) is 19.1 Å². The summed E-state index contributed by atoms with van der Waals surface area (Å²) in [6, 6.07) is 0.230. The molecule has 1 aliphatic carbocycles. The molecule has 1 unspecified atom stereocenters. The van der Waals surface area contributed by atoms with Crippen molar-refractivity contribution in [3.05, 3.63) is 35.7 Å². The number of amides is 2. The Morgan fingerprint density at radius 1 is 1.17 bits per heavy atom. The molecule has 1 N–H and O–H groups in total. The molecule has 2 aliphatic rings. The van der Waals surface area contributed by atoms with E-state index in [0.717, 1.165) is 31.4 Å². The van der Waals surface area contributed by atoms with Crippen LogP contribution in [-0.2, 0) is 0 Å². The second-order valence-corrected chi connectivity index (χ2v) is 8.94. The highest BCUT2D eigenvalue weighted by Gasteiger charge is 2.50. The van der Waals surface area contributed by atoms with Gasteiger partial charge in [-0.2, -0.15) is 0 Å². The van der Waals surface area contributed by atoms with Gasteiger partial charge in [0, 0.05) is 25.8 Å². The van der Waals surface area contributed by atoms with Gasteiger partial charge in [-0.15, -0.1) is 5.10 Å². The zero-order chi connectivity index (χ0) is 21.3. The number of aromatic nitrogens is 5. The lowest BCUT2D eigenvalue weighted by molar-refractivity contribution is -0.0269. The third-order valence-corrected chi connectivity index (χ3v) is 6.40. The van der Waals surface area contributed by atoms with Gasteiger partial charge in [0.1, 0.15) is 5.69 Å². The first-order chi connectivity index (χ1) is 14.4. The molecule has 9 nitrogen and oxygen atoms in total. The van der Waals surface area contributed by atoms with Crippen molar-refractivity contribution in [1.29, 1.82) is 0 Å². The van der Waals surface area contributed by atoms with E-state index in [2.05, 4.69) is 39.4 Å². The summed E-state index contributed by atoms with van der Waals surface area (Å²) in [5, 5.41) is 11.2. The standard InChI is InChI=1S/C21H29N7O2/c1-14(2)10-24-19(29)17-13-28(26-25-17)18-4-5-21(18)6-8-27(9-7-21)20(30)16-12-22-15(3)11-23-16/h11-14,18H,4-10H2,1-3H3,(H,24,29). The maximum atomic E-state index is 12.7. The summed E-state index contributed by atoms with van der Waals surface area (Å²) in [6.07, 6.45) is 8.90. The van der Waals surface area contributed by atoms with Crippen LogP contribution in [0.15, 0.2) is 18.6 Å². The van der Waals surface area contributed by atoms with Crippen LogP contribution < -0.4 is 5.32 Å². The minimum atomic E-state index is -0.178. The third-order valence-electron chi connectivity index (χ3n) is 6.40. The van der Waals surface area contributed by atoms with Gasteiger partial charge in [-0.3, -0.25) is 14.6 Å². The van der Waals surface area contributed by atoms with Crippen LogP contribution in [0.3, 0.4) is 0 Å². The molecule has 2 amide bonds. The maximum Gasteiger partial charge on any atom is 0.274 e. The SMILES string of the molecule is Cc1cnc(C(=O)N2CCC3(CCC3n3cc(C(=O)NCC(C)C)nn3)CC2)cn1. The average Bonchev–Trinajstić information content (AvgIpc) is 3.20. The number of nitrogens with one attached hydrogen (secondary N) is 1. The van der Waals surface area contributed by atoms with Crippen molar-refractivity contribution in [3.8, 4) is 0 Å². The fourth-order valence-electron chi connectivity index (χ4n) is 4.42. The Morgan fingerprint density at radius 3 is 2.53 bits per heavy atom. The normalized spacial score (nSPS) is 20.3. The Balaban J connectivity index is 1.37. The van der Waals surface area contributed by atoms with E-state index < -0.39 is 0 Å². The maximum absolute atomic E-state index is 12.7. The van der Waals surface area contributed by atoms with Gasteiger partial charge in [0.15, 0.2) is 5.69 Å². The predicted molar refractivity (Wildman–Crippen MR) is 110 cm³/mol. The monoisotopic (exact) mass is 411 g/mol. The first-order valence-electron chi connectivity index (χ1n) is 10.7. The van der Waals surface area contributed by atoms with Crippen molar-refractivity contribution < 1.29 is 9.59 Å². The average molecular weight is 412 g/mol. The highest BCUT2D eigenvalue weighted by molar-refractivity contribution is 5.92. The Kier molecular flexibility index (Phi) is 5.53. The second-order valence-electron chi connectivity index (χ2n) is 8.94. The number of aryl methyl sites for hydroxylation is 1. The van der Waals surface area contributed by atoms with Crippen LogP contribution in [0.2, 0.25) is 0 Å².